The average Bonchev–Trinajstić information content (AvgIpc) is 3.27. The van der Waals surface area contributed by atoms with Crippen LogP contribution in [0, 0.1) is 6.92 Å². The Labute approximate surface area is 175 Å². The maximum Gasteiger partial charge on any atom is 0.194 e. The van der Waals surface area contributed by atoms with Crippen LogP contribution in [0.1, 0.15) is 23.3 Å². The van der Waals surface area contributed by atoms with Crippen molar-refractivity contribution < 1.29 is 4.52 Å². The van der Waals surface area contributed by atoms with Gasteiger partial charge in [-0.15, -0.1) is 35.3 Å². The van der Waals surface area contributed by atoms with Crippen LogP contribution < -0.4 is 5.32 Å². The quantitative estimate of drug-likeness (QED) is 0.381. The van der Waals surface area contributed by atoms with Crippen LogP contribution >= 0.6 is 35.3 Å². The highest BCUT2D eigenvalue weighted by Crippen LogP contribution is 2.09. The van der Waals surface area contributed by atoms with Gasteiger partial charge in [-0.2, -0.15) is 0 Å². The summed E-state index contributed by atoms with van der Waals surface area (Å²) >= 11 is 1.70. The molecule has 0 radical (unpaired) electrons. The van der Waals surface area contributed by atoms with Gasteiger partial charge in [0.2, 0.25) is 0 Å². The normalized spacial score (nSPS) is 15.8. The number of halogens is 1. The molecule has 0 unspecified atom stereocenters. The van der Waals surface area contributed by atoms with E-state index in [9.17, 15) is 0 Å². The molecule has 1 aliphatic heterocycles. The van der Waals surface area contributed by atoms with Gasteiger partial charge < -0.3 is 14.7 Å². The molecule has 2 aromatic rings. The fourth-order valence-corrected chi connectivity index (χ4v) is 3.54. The standard InChI is InChI=1S/C17H26N6OS.HI/c1-3-18-17(19-6-4-16-13-25-14(2)20-16)23-9-7-22(8-10-23)12-15-5-11-24-21-15;/h5,11,13H,3-4,6-10,12H2,1-2H3,(H,18,19);1H. The summed E-state index contributed by atoms with van der Waals surface area (Å²) in [6, 6.07) is 1.93. The molecule has 1 aliphatic rings. The molecule has 0 amide bonds. The van der Waals surface area contributed by atoms with Gasteiger partial charge in [0.05, 0.1) is 16.4 Å². The Kier molecular flexibility index (Phi) is 8.79. The summed E-state index contributed by atoms with van der Waals surface area (Å²) in [7, 11) is 0. The van der Waals surface area contributed by atoms with E-state index < -0.39 is 0 Å². The number of thiazole rings is 1. The van der Waals surface area contributed by atoms with Crippen molar-refractivity contribution in [1.29, 1.82) is 0 Å². The van der Waals surface area contributed by atoms with Crippen molar-refractivity contribution in [3.63, 3.8) is 0 Å². The van der Waals surface area contributed by atoms with Crippen molar-refractivity contribution in [2.75, 3.05) is 39.3 Å². The van der Waals surface area contributed by atoms with Gasteiger partial charge in [0.15, 0.2) is 5.96 Å². The zero-order valence-corrected chi connectivity index (χ0v) is 18.5. The lowest BCUT2D eigenvalue weighted by Crippen LogP contribution is -2.52. The van der Waals surface area contributed by atoms with Gasteiger partial charge in [-0.3, -0.25) is 9.89 Å². The first kappa shape index (κ1) is 21.1. The Morgan fingerprint density at radius 2 is 2.12 bits per heavy atom. The maximum absolute atomic E-state index is 4.91. The van der Waals surface area contributed by atoms with E-state index in [1.807, 2.05) is 13.0 Å². The van der Waals surface area contributed by atoms with E-state index in [-0.39, 0.29) is 24.0 Å². The highest BCUT2D eigenvalue weighted by molar-refractivity contribution is 14.0. The second kappa shape index (κ2) is 10.8. The topological polar surface area (TPSA) is 69.8 Å². The number of aryl methyl sites for hydroxylation is 1. The van der Waals surface area contributed by atoms with Gasteiger partial charge in [0, 0.05) is 63.7 Å². The molecule has 0 atom stereocenters. The van der Waals surface area contributed by atoms with Gasteiger partial charge in [-0.1, -0.05) is 5.16 Å². The van der Waals surface area contributed by atoms with E-state index in [1.165, 1.54) is 0 Å². The third-order valence-corrected chi connectivity index (χ3v) is 5.00. The number of guanidine groups is 1. The molecule has 7 nitrogen and oxygen atoms in total. The van der Waals surface area contributed by atoms with Crippen LogP contribution in [-0.4, -0.2) is 65.2 Å². The Balaban J connectivity index is 0.00000243. The van der Waals surface area contributed by atoms with E-state index in [1.54, 1.807) is 17.6 Å². The Morgan fingerprint density at radius 3 is 2.73 bits per heavy atom. The van der Waals surface area contributed by atoms with Gasteiger partial charge in [-0.05, 0) is 13.8 Å². The Bertz CT molecular complexity index is 667. The maximum atomic E-state index is 4.91. The predicted octanol–water partition coefficient (Wildman–Crippen LogP) is 2.38. The second-order valence-electron chi connectivity index (χ2n) is 6.10. The van der Waals surface area contributed by atoms with Crippen molar-refractivity contribution in [2.45, 2.75) is 26.8 Å². The summed E-state index contributed by atoms with van der Waals surface area (Å²) < 4.78 is 4.91. The molecule has 3 rings (SSSR count). The van der Waals surface area contributed by atoms with Crippen molar-refractivity contribution in [3.8, 4) is 0 Å². The number of nitrogens with zero attached hydrogens (tertiary/aromatic N) is 5. The smallest absolute Gasteiger partial charge is 0.194 e. The highest BCUT2D eigenvalue weighted by atomic mass is 127. The number of nitrogens with one attached hydrogen (secondary N) is 1. The molecular weight excluding hydrogens is 463 g/mol. The number of aromatic nitrogens is 2. The molecule has 0 spiro atoms. The molecule has 1 fully saturated rings. The molecule has 9 heteroatoms. The van der Waals surface area contributed by atoms with Crippen LogP contribution in [0.15, 0.2) is 27.2 Å². The molecule has 26 heavy (non-hydrogen) atoms. The predicted molar refractivity (Wildman–Crippen MR) is 115 cm³/mol. The molecule has 0 aliphatic carbocycles. The molecule has 1 saturated heterocycles. The van der Waals surface area contributed by atoms with Crippen LogP contribution in [0.4, 0.5) is 0 Å². The zero-order chi connectivity index (χ0) is 17.5. The monoisotopic (exact) mass is 490 g/mol. The SMILES string of the molecule is CCNC(=NCCc1csc(C)n1)N1CCN(Cc2ccon2)CC1.I. The van der Waals surface area contributed by atoms with Crippen LogP contribution in [-0.2, 0) is 13.0 Å². The first-order valence-corrected chi connectivity index (χ1v) is 9.68. The molecule has 0 saturated carbocycles. The Hall–Kier alpha value is -1.20. The largest absolute Gasteiger partial charge is 0.364 e. The fourth-order valence-electron chi connectivity index (χ4n) is 2.89. The second-order valence-corrected chi connectivity index (χ2v) is 7.16. The van der Waals surface area contributed by atoms with E-state index in [4.69, 9.17) is 9.52 Å². The minimum Gasteiger partial charge on any atom is -0.364 e. The summed E-state index contributed by atoms with van der Waals surface area (Å²) in [6.45, 7) is 10.6. The lowest BCUT2D eigenvalue weighted by molar-refractivity contribution is 0.169. The number of hydrogen-bond donors (Lipinski definition) is 1. The van der Waals surface area contributed by atoms with Crippen molar-refractivity contribution >= 4 is 41.3 Å². The van der Waals surface area contributed by atoms with Crippen molar-refractivity contribution in [1.82, 2.24) is 25.3 Å². The first-order chi connectivity index (χ1) is 12.2. The minimum atomic E-state index is 0. The molecule has 0 aromatic carbocycles. The molecule has 0 bridgehead atoms. The first-order valence-electron chi connectivity index (χ1n) is 8.80. The van der Waals surface area contributed by atoms with Crippen molar-refractivity contribution in [3.05, 3.63) is 34.1 Å². The van der Waals surface area contributed by atoms with Gasteiger partial charge in [0.25, 0.3) is 0 Å². The van der Waals surface area contributed by atoms with Crippen LogP contribution in [0.25, 0.3) is 0 Å². The number of piperazine rings is 1. The summed E-state index contributed by atoms with van der Waals surface area (Å²) in [5.41, 5.74) is 2.13. The van der Waals surface area contributed by atoms with Crippen LogP contribution in [0.3, 0.4) is 0 Å². The lowest BCUT2D eigenvalue weighted by atomic mass is 10.3. The summed E-state index contributed by atoms with van der Waals surface area (Å²) in [5, 5.41) is 10.7. The van der Waals surface area contributed by atoms with E-state index in [0.717, 1.165) is 74.6 Å². The van der Waals surface area contributed by atoms with Gasteiger partial charge in [0.1, 0.15) is 6.26 Å². The number of hydrogen-bond acceptors (Lipinski definition) is 6. The number of aliphatic imine (C=N–C) groups is 1. The third-order valence-electron chi connectivity index (χ3n) is 4.18. The van der Waals surface area contributed by atoms with Crippen molar-refractivity contribution in [2.24, 2.45) is 4.99 Å². The van der Waals surface area contributed by atoms with Crippen LogP contribution in [0.2, 0.25) is 0 Å². The summed E-state index contributed by atoms with van der Waals surface area (Å²) in [4.78, 5) is 14.0. The zero-order valence-electron chi connectivity index (χ0n) is 15.3. The molecule has 1 N–H and O–H groups in total. The molecular formula is C17H27IN6OS. The third kappa shape index (κ3) is 6.20. The summed E-state index contributed by atoms with van der Waals surface area (Å²) in [5.74, 6) is 1.01. The Morgan fingerprint density at radius 1 is 1.31 bits per heavy atom. The average molecular weight is 490 g/mol. The molecule has 144 valence electrons. The highest BCUT2D eigenvalue weighted by Gasteiger charge is 2.20. The minimum absolute atomic E-state index is 0. The van der Waals surface area contributed by atoms with Gasteiger partial charge >= 0.3 is 0 Å². The number of rotatable bonds is 6. The van der Waals surface area contributed by atoms with E-state index in [0.29, 0.717) is 0 Å². The lowest BCUT2D eigenvalue weighted by Gasteiger charge is -2.36. The van der Waals surface area contributed by atoms with Gasteiger partial charge in [-0.25, -0.2) is 4.98 Å². The van der Waals surface area contributed by atoms with E-state index >= 15 is 0 Å². The molecule has 3 heterocycles. The van der Waals surface area contributed by atoms with E-state index in [2.05, 4.69) is 37.6 Å². The van der Waals surface area contributed by atoms with Crippen LogP contribution in [0.5, 0.6) is 0 Å². The fraction of sp³-hybridized carbons (Fsp3) is 0.588. The summed E-state index contributed by atoms with van der Waals surface area (Å²) in [6.07, 6.45) is 2.52. The molecule has 2 aromatic heterocycles.